The number of hydrogen-bond donors (Lipinski definition) is 1. The van der Waals surface area contributed by atoms with Crippen LogP contribution in [0.4, 0.5) is 5.69 Å². The minimum atomic E-state index is -0.469. The maximum Gasteiger partial charge on any atom is 0.312 e. The maximum atomic E-state index is 13.3. The Morgan fingerprint density at radius 2 is 1.82 bits per heavy atom. The van der Waals surface area contributed by atoms with Crippen molar-refractivity contribution in [2.24, 2.45) is 5.92 Å². The van der Waals surface area contributed by atoms with Crippen molar-refractivity contribution in [2.75, 3.05) is 52.4 Å². The Bertz CT molecular complexity index is 1350. The number of carbonyl (C=O) groups is 2. The van der Waals surface area contributed by atoms with Crippen LogP contribution in [0.2, 0.25) is 0 Å². The first-order valence-electron chi connectivity index (χ1n) is 13.4. The Labute approximate surface area is 228 Å². The molecule has 0 saturated carbocycles. The third-order valence-corrected chi connectivity index (χ3v) is 7.64. The summed E-state index contributed by atoms with van der Waals surface area (Å²) in [5.41, 5.74) is 3.21. The Morgan fingerprint density at radius 1 is 1.05 bits per heavy atom. The second-order valence-electron chi connectivity index (χ2n) is 10.0. The number of nitrogens with zero attached hydrogens (tertiary/aromatic N) is 2. The Kier molecular flexibility index (Phi) is 8.16. The Hall–Kier alpha value is -3.85. The number of aromatic nitrogens is 1. The summed E-state index contributed by atoms with van der Waals surface area (Å²) in [7, 11) is 2.93. The molecule has 2 aromatic carbocycles. The van der Waals surface area contributed by atoms with Crippen LogP contribution < -0.4 is 19.5 Å². The number of hydrogen-bond acceptors (Lipinski definition) is 8. The van der Waals surface area contributed by atoms with E-state index < -0.39 is 5.92 Å². The van der Waals surface area contributed by atoms with Crippen LogP contribution >= 0.6 is 0 Å². The monoisotopic (exact) mass is 533 g/mol. The summed E-state index contributed by atoms with van der Waals surface area (Å²) in [6.07, 6.45) is 2.50. The predicted molar refractivity (Wildman–Crippen MR) is 148 cm³/mol. The SMILES string of the molecule is COC(=O)C(C)c1ccc(NC(=O)C2CCN(CCc3ccc4c(c3)OCCO4)CC2)c2nc(OC)ccc12. The third kappa shape index (κ3) is 5.93. The highest BCUT2D eigenvalue weighted by Gasteiger charge is 2.26. The second-order valence-corrected chi connectivity index (χ2v) is 10.0. The van der Waals surface area contributed by atoms with Crippen molar-refractivity contribution >= 4 is 28.5 Å². The molecule has 0 spiro atoms. The minimum absolute atomic E-state index is 0.0128. The van der Waals surface area contributed by atoms with Gasteiger partial charge in [0.2, 0.25) is 11.8 Å². The summed E-state index contributed by atoms with van der Waals surface area (Å²) in [4.78, 5) is 32.5. The summed E-state index contributed by atoms with van der Waals surface area (Å²) in [5.74, 6) is 1.18. The Morgan fingerprint density at radius 3 is 2.56 bits per heavy atom. The van der Waals surface area contributed by atoms with E-state index in [0.717, 1.165) is 61.3 Å². The van der Waals surface area contributed by atoms with Gasteiger partial charge in [-0.1, -0.05) is 12.1 Å². The largest absolute Gasteiger partial charge is 0.486 e. The van der Waals surface area contributed by atoms with Crippen LogP contribution in [0, 0.1) is 5.92 Å². The molecule has 0 aliphatic carbocycles. The summed E-state index contributed by atoms with van der Waals surface area (Å²) in [5, 5.41) is 3.88. The van der Waals surface area contributed by atoms with Crippen LogP contribution in [-0.2, 0) is 20.7 Å². The molecule has 3 heterocycles. The highest BCUT2D eigenvalue weighted by molar-refractivity contribution is 6.03. The lowest BCUT2D eigenvalue weighted by atomic mass is 9.94. The minimum Gasteiger partial charge on any atom is -0.486 e. The van der Waals surface area contributed by atoms with E-state index >= 15 is 0 Å². The number of ether oxygens (including phenoxy) is 4. The molecule has 3 aromatic rings. The number of pyridine rings is 1. The first-order chi connectivity index (χ1) is 19.0. The number of rotatable bonds is 8. The van der Waals surface area contributed by atoms with Crippen LogP contribution in [0.25, 0.3) is 10.9 Å². The lowest BCUT2D eigenvalue weighted by Crippen LogP contribution is -2.39. The maximum absolute atomic E-state index is 13.3. The number of benzene rings is 2. The molecule has 2 aliphatic rings. The smallest absolute Gasteiger partial charge is 0.312 e. The van der Waals surface area contributed by atoms with Crippen molar-refractivity contribution in [1.82, 2.24) is 9.88 Å². The van der Waals surface area contributed by atoms with Gasteiger partial charge in [-0.15, -0.1) is 0 Å². The van der Waals surface area contributed by atoms with Gasteiger partial charge in [-0.05, 0) is 74.7 Å². The van der Waals surface area contributed by atoms with E-state index in [-0.39, 0.29) is 17.8 Å². The normalized spacial score (nSPS) is 16.5. The predicted octanol–water partition coefficient (Wildman–Crippen LogP) is 4.18. The molecule has 1 saturated heterocycles. The van der Waals surface area contributed by atoms with E-state index in [0.29, 0.717) is 30.3 Å². The van der Waals surface area contributed by atoms with Crippen LogP contribution in [0.1, 0.15) is 36.8 Å². The summed E-state index contributed by atoms with van der Waals surface area (Å²) in [6, 6.07) is 13.4. The number of esters is 1. The van der Waals surface area contributed by atoms with Gasteiger partial charge in [-0.2, -0.15) is 0 Å². The number of anilines is 1. The fraction of sp³-hybridized carbons (Fsp3) is 0.433. The van der Waals surface area contributed by atoms with Crippen molar-refractivity contribution in [3.63, 3.8) is 0 Å². The molecule has 5 rings (SSSR count). The number of carbonyl (C=O) groups excluding carboxylic acids is 2. The molecule has 206 valence electrons. The van der Waals surface area contributed by atoms with Crippen LogP contribution in [0.3, 0.4) is 0 Å². The van der Waals surface area contributed by atoms with Crippen molar-refractivity contribution in [1.29, 1.82) is 0 Å². The van der Waals surface area contributed by atoms with Crippen molar-refractivity contribution in [2.45, 2.75) is 32.1 Å². The molecular weight excluding hydrogens is 498 g/mol. The van der Waals surface area contributed by atoms with Crippen LogP contribution in [-0.4, -0.2) is 68.8 Å². The molecule has 9 heteroatoms. The second kappa shape index (κ2) is 11.9. The molecule has 1 N–H and O–H groups in total. The summed E-state index contributed by atoms with van der Waals surface area (Å²) >= 11 is 0. The number of methoxy groups -OCH3 is 2. The first kappa shape index (κ1) is 26.7. The van der Waals surface area contributed by atoms with Crippen molar-refractivity contribution in [3.05, 3.63) is 53.6 Å². The average molecular weight is 534 g/mol. The lowest BCUT2D eigenvalue weighted by Gasteiger charge is -2.31. The summed E-state index contributed by atoms with van der Waals surface area (Å²) < 4.78 is 21.6. The van der Waals surface area contributed by atoms with Gasteiger partial charge in [-0.25, -0.2) is 4.98 Å². The zero-order valence-electron chi connectivity index (χ0n) is 22.7. The highest BCUT2D eigenvalue weighted by atomic mass is 16.6. The summed E-state index contributed by atoms with van der Waals surface area (Å²) in [6.45, 7) is 5.64. The molecule has 1 fully saturated rings. The number of nitrogens with one attached hydrogen (secondary N) is 1. The third-order valence-electron chi connectivity index (χ3n) is 7.64. The standard InChI is InChI=1S/C30H35N3O6/c1-19(30(35)37-3)22-5-7-24(28-23(22)6-9-27(32-28)36-2)31-29(34)21-11-14-33(15-12-21)13-10-20-4-8-25-26(18-20)39-17-16-38-25/h4-9,18-19,21H,10-17H2,1-3H3,(H,31,34). The van der Waals surface area contributed by atoms with E-state index in [1.807, 2.05) is 24.3 Å². The fourth-order valence-corrected chi connectivity index (χ4v) is 5.30. The molecule has 1 amide bonds. The van der Waals surface area contributed by atoms with E-state index in [4.69, 9.17) is 18.9 Å². The van der Waals surface area contributed by atoms with Crippen LogP contribution in [0.15, 0.2) is 42.5 Å². The average Bonchev–Trinajstić information content (AvgIpc) is 2.99. The molecule has 0 bridgehead atoms. The van der Waals surface area contributed by atoms with Gasteiger partial charge in [0.25, 0.3) is 0 Å². The van der Waals surface area contributed by atoms with Gasteiger partial charge in [-0.3, -0.25) is 9.59 Å². The molecule has 1 atom stereocenters. The number of fused-ring (bicyclic) bond motifs is 2. The fourth-order valence-electron chi connectivity index (χ4n) is 5.30. The zero-order chi connectivity index (χ0) is 27.4. The molecule has 1 unspecified atom stereocenters. The van der Waals surface area contributed by atoms with Crippen molar-refractivity contribution in [3.8, 4) is 17.4 Å². The molecule has 39 heavy (non-hydrogen) atoms. The number of amides is 1. The molecule has 9 nitrogen and oxygen atoms in total. The van der Waals surface area contributed by atoms with E-state index in [2.05, 4.69) is 27.3 Å². The van der Waals surface area contributed by atoms with Gasteiger partial charge in [0.05, 0.1) is 31.3 Å². The van der Waals surface area contributed by atoms with E-state index in [1.54, 1.807) is 20.1 Å². The lowest BCUT2D eigenvalue weighted by molar-refractivity contribution is -0.142. The van der Waals surface area contributed by atoms with Gasteiger partial charge in [0.1, 0.15) is 13.2 Å². The molecule has 1 aromatic heterocycles. The number of piperidine rings is 1. The quantitative estimate of drug-likeness (QED) is 0.431. The highest BCUT2D eigenvalue weighted by Crippen LogP contribution is 2.33. The van der Waals surface area contributed by atoms with Gasteiger partial charge < -0.3 is 29.2 Å². The van der Waals surface area contributed by atoms with E-state index in [1.165, 1.54) is 12.7 Å². The number of likely N-dealkylation sites (tertiary alicyclic amines) is 1. The first-order valence-corrected chi connectivity index (χ1v) is 13.4. The Balaban J connectivity index is 1.21. The molecule has 0 radical (unpaired) electrons. The zero-order valence-corrected chi connectivity index (χ0v) is 22.7. The van der Waals surface area contributed by atoms with Gasteiger partial charge >= 0.3 is 5.97 Å². The van der Waals surface area contributed by atoms with Gasteiger partial charge in [0, 0.05) is 23.9 Å². The van der Waals surface area contributed by atoms with Gasteiger partial charge in [0.15, 0.2) is 11.5 Å². The molecular formula is C30H35N3O6. The van der Waals surface area contributed by atoms with Crippen molar-refractivity contribution < 1.29 is 28.5 Å². The van der Waals surface area contributed by atoms with E-state index in [9.17, 15) is 9.59 Å². The topological polar surface area (TPSA) is 99.2 Å². The van der Waals surface area contributed by atoms with Crippen LogP contribution in [0.5, 0.6) is 17.4 Å². The molecule has 2 aliphatic heterocycles.